The molecule has 0 bridgehead atoms. The molecule has 1 fully saturated rings. The Morgan fingerprint density at radius 1 is 1.37 bits per heavy atom. The summed E-state index contributed by atoms with van der Waals surface area (Å²) in [5.41, 5.74) is -0.517. The molecule has 3 atom stereocenters. The zero-order chi connectivity index (χ0) is 22.3. The van der Waals surface area contributed by atoms with Gasteiger partial charge in [0.15, 0.2) is 5.96 Å². The molecule has 0 radical (unpaired) electrons. The summed E-state index contributed by atoms with van der Waals surface area (Å²) in [6.45, 7) is 17.3. The monoisotopic (exact) mass is 420 g/mol. The van der Waals surface area contributed by atoms with Gasteiger partial charge in [-0.15, -0.1) is 0 Å². The summed E-state index contributed by atoms with van der Waals surface area (Å²) >= 11 is 0. The molecule has 0 aliphatic carbocycles. The van der Waals surface area contributed by atoms with Gasteiger partial charge in [0, 0.05) is 32.0 Å². The fourth-order valence-electron chi connectivity index (χ4n) is 3.59. The Morgan fingerprint density at radius 2 is 2.10 bits per heavy atom. The van der Waals surface area contributed by atoms with Crippen LogP contribution in [0.2, 0.25) is 0 Å². The molecule has 1 aliphatic rings. The van der Waals surface area contributed by atoms with E-state index in [2.05, 4.69) is 52.8 Å². The Morgan fingerprint density at radius 3 is 2.67 bits per heavy atom. The molecule has 1 aliphatic heterocycles. The van der Waals surface area contributed by atoms with E-state index in [0.717, 1.165) is 32.0 Å². The van der Waals surface area contributed by atoms with Crippen molar-refractivity contribution in [3.8, 4) is 0 Å². The Kier molecular flexibility index (Phi) is 8.55. The number of carbonyl (C=O) groups excluding carboxylic acids is 1. The van der Waals surface area contributed by atoms with Crippen LogP contribution in [-0.2, 0) is 4.74 Å². The third-order valence-electron chi connectivity index (χ3n) is 5.41. The van der Waals surface area contributed by atoms with Gasteiger partial charge in [-0.05, 0) is 46.0 Å². The van der Waals surface area contributed by atoms with Crippen molar-refractivity contribution in [3.63, 3.8) is 0 Å². The van der Waals surface area contributed by atoms with E-state index < -0.39 is 11.7 Å². The predicted molar refractivity (Wildman–Crippen MR) is 121 cm³/mol. The number of rotatable bonds is 6. The van der Waals surface area contributed by atoms with Gasteiger partial charge in [-0.25, -0.2) is 9.78 Å². The van der Waals surface area contributed by atoms with Crippen molar-refractivity contribution in [2.24, 2.45) is 16.8 Å². The van der Waals surface area contributed by atoms with E-state index in [0.29, 0.717) is 18.5 Å². The quantitative estimate of drug-likeness (QED) is 0.545. The Labute approximate surface area is 181 Å². The number of piperidine rings is 1. The molecule has 1 aromatic rings. The molecule has 8 heteroatoms. The first-order chi connectivity index (χ1) is 14.1. The number of likely N-dealkylation sites (tertiary alicyclic amines) is 1. The molecule has 1 saturated heterocycles. The summed E-state index contributed by atoms with van der Waals surface area (Å²) in [7, 11) is 0. The van der Waals surface area contributed by atoms with Crippen LogP contribution in [-0.4, -0.2) is 64.3 Å². The van der Waals surface area contributed by atoms with Gasteiger partial charge >= 0.3 is 6.09 Å². The molecule has 8 nitrogen and oxygen atoms in total. The molecule has 3 unspecified atom stereocenters. The topological polar surface area (TPSA) is 83.8 Å². The van der Waals surface area contributed by atoms with Crippen molar-refractivity contribution >= 4 is 12.1 Å². The van der Waals surface area contributed by atoms with E-state index in [-0.39, 0.29) is 12.0 Å². The van der Waals surface area contributed by atoms with Gasteiger partial charge in [-0.3, -0.25) is 4.99 Å². The number of alkyl carbamates (subject to hydrolysis) is 1. The second kappa shape index (κ2) is 10.7. The Bertz CT molecular complexity index is 680. The molecule has 30 heavy (non-hydrogen) atoms. The number of aromatic nitrogens is 2. The van der Waals surface area contributed by atoms with E-state index >= 15 is 0 Å². The molecule has 2 heterocycles. The Hall–Kier alpha value is -2.25. The molecule has 2 N–H and O–H groups in total. The fraction of sp³-hybridized carbons (Fsp3) is 0.773. The Balaban J connectivity index is 2.08. The van der Waals surface area contributed by atoms with Crippen LogP contribution >= 0.6 is 0 Å². The van der Waals surface area contributed by atoms with E-state index in [1.54, 1.807) is 0 Å². The molecule has 1 aromatic heterocycles. The number of nitrogens with one attached hydrogen (secondary N) is 2. The molecule has 0 spiro atoms. The first-order valence-corrected chi connectivity index (χ1v) is 11.1. The summed E-state index contributed by atoms with van der Waals surface area (Å²) in [5.74, 6) is 1.71. The van der Waals surface area contributed by atoms with Gasteiger partial charge in [0.05, 0.1) is 25.0 Å². The molecule has 170 valence electrons. The smallest absolute Gasteiger partial charge is 0.407 e. The first kappa shape index (κ1) is 24.0. The predicted octanol–water partition coefficient (Wildman–Crippen LogP) is 3.28. The second-order valence-corrected chi connectivity index (χ2v) is 9.48. The average molecular weight is 421 g/mol. The number of nitrogens with zero attached hydrogens (tertiary/aromatic N) is 4. The molecule has 1 amide bonds. The van der Waals surface area contributed by atoms with E-state index in [1.165, 1.54) is 0 Å². The lowest BCUT2D eigenvalue weighted by molar-refractivity contribution is 0.0493. The lowest BCUT2D eigenvalue weighted by atomic mass is 9.93. The van der Waals surface area contributed by atoms with Crippen molar-refractivity contribution in [1.29, 1.82) is 0 Å². The number of guanidine groups is 1. The molecular weight excluding hydrogens is 380 g/mol. The van der Waals surface area contributed by atoms with Crippen LogP contribution in [0.3, 0.4) is 0 Å². The number of aliphatic imine (C=N–C) groups is 1. The van der Waals surface area contributed by atoms with Crippen LogP contribution in [0.15, 0.2) is 23.7 Å². The highest BCUT2D eigenvalue weighted by molar-refractivity contribution is 5.80. The van der Waals surface area contributed by atoms with Crippen LogP contribution in [0.4, 0.5) is 4.79 Å². The summed E-state index contributed by atoms with van der Waals surface area (Å²) in [5, 5.41) is 6.41. The molecule has 2 rings (SSSR count). The maximum absolute atomic E-state index is 12.2. The van der Waals surface area contributed by atoms with Gasteiger partial charge in [0.25, 0.3) is 0 Å². The third kappa shape index (κ3) is 7.22. The summed E-state index contributed by atoms with van der Waals surface area (Å²) in [6, 6.07) is 0.271. The first-order valence-electron chi connectivity index (χ1n) is 11.1. The normalized spacial score (nSPS) is 21.5. The van der Waals surface area contributed by atoms with Gasteiger partial charge in [0.1, 0.15) is 5.60 Å². The third-order valence-corrected chi connectivity index (χ3v) is 5.41. The van der Waals surface area contributed by atoms with Crippen LogP contribution in [0, 0.1) is 11.8 Å². The maximum Gasteiger partial charge on any atom is 0.407 e. The summed E-state index contributed by atoms with van der Waals surface area (Å²) < 4.78 is 7.62. The highest BCUT2D eigenvalue weighted by Gasteiger charge is 2.29. The molecular formula is C22H40N6O2. The van der Waals surface area contributed by atoms with Gasteiger partial charge in [-0.1, -0.05) is 20.8 Å². The largest absolute Gasteiger partial charge is 0.444 e. The maximum atomic E-state index is 12.2. The summed E-state index contributed by atoms with van der Waals surface area (Å²) in [6.07, 6.45) is 6.47. The minimum atomic E-state index is -0.517. The van der Waals surface area contributed by atoms with Crippen LogP contribution in [0.1, 0.15) is 60.9 Å². The standard InChI is InChI=1S/C22H40N6O2/c1-8-24-20(25-13-18(16(2)3)26-21(29)30-22(5,6)7)27-11-9-17(4)19(14-27)28-12-10-23-15-28/h10,12,15-19H,8-9,11,13-14H2,1-7H3,(H,24,25)(H,26,29). The van der Waals surface area contributed by atoms with Crippen molar-refractivity contribution in [2.75, 3.05) is 26.2 Å². The van der Waals surface area contributed by atoms with Crippen LogP contribution < -0.4 is 10.6 Å². The second-order valence-electron chi connectivity index (χ2n) is 9.48. The highest BCUT2D eigenvalue weighted by Crippen LogP contribution is 2.27. The van der Waals surface area contributed by atoms with Crippen LogP contribution in [0.25, 0.3) is 0 Å². The minimum absolute atomic E-state index is 0.0957. The summed E-state index contributed by atoms with van der Waals surface area (Å²) in [4.78, 5) is 23.7. The van der Waals surface area contributed by atoms with Crippen molar-refractivity contribution in [1.82, 2.24) is 25.1 Å². The molecule has 0 saturated carbocycles. The SMILES string of the molecule is CCNC(=NCC(NC(=O)OC(C)(C)C)C(C)C)N1CCC(C)C(n2ccnc2)C1. The van der Waals surface area contributed by atoms with Gasteiger partial charge < -0.3 is 24.8 Å². The van der Waals surface area contributed by atoms with E-state index in [4.69, 9.17) is 9.73 Å². The van der Waals surface area contributed by atoms with Crippen molar-refractivity contribution in [2.45, 2.75) is 72.6 Å². The fourth-order valence-corrected chi connectivity index (χ4v) is 3.59. The number of hydrogen-bond acceptors (Lipinski definition) is 4. The lowest BCUT2D eigenvalue weighted by Gasteiger charge is -2.39. The lowest BCUT2D eigenvalue weighted by Crippen LogP contribution is -2.50. The number of amides is 1. The van der Waals surface area contributed by atoms with Gasteiger partial charge in [-0.2, -0.15) is 0 Å². The van der Waals surface area contributed by atoms with E-state index in [9.17, 15) is 4.79 Å². The number of carbonyl (C=O) groups is 1. The number of imidazole rings is 1. The minimum Gasteiger partial charge on any atom is -0.444 e. The number of ether oxygens (including phenoxy) is 1. The zero-order valence-electron chi connectivity index (χ0n) is 19.7. The van der Waals surface area contributed by atoms with Crippen molar-refractivity contribution < 1.29 is 9.53 Å². The molecule has 0 aromatic carbocycles. The van der Waals surface area contributed by atoms with Gasteiger partial charge in [0.2, 0.25) is 0 Å². The number of hydrogen-bond donors (Lipinski definition) is 2. The van der Waals surface area contributed by atoms with E-state index in [1.807, 2.05) is 39.5 Å². The van der Waals surface area contributed by atoms with Crippen LogP contribution in [0.5, 0.6) is 0 Å². The zero-order valence-corrected chi connectivity index (χ0v) is 19.7. The average Bonchev–Trinajstić information content (AvgIpc) is 3.17. The highest BCUT2D eigenvalue weighted by atomic mass is 16.6. The van der Waals surface area contributed by atoms with Crippen molar-refractivity contribution in [3.05, 3.63) is 18.7 Å².